The highest BCUT2D eigenvalue weighted by molar-refractivity contribution is 6.44. The Morgan fingerprint density at radius 2 is 2.15 bits per heavy atom. The number of rotatable bonds is 2. The Kier molecular flexibility index (Phi) is 4.40. The van der Waals surface area contributed by atoms with Crippen LogP contribution in [0.4, 0.5) is 5.69 Å². The summed E-state index contributed by atoms with van der Waals surface area (Å²) in [6.45, 7) is 0.484. The van der Waals surface area contributed by atoms with Crippen molar-refractivity contribution in [3.8, 4) is 0 Å². The van der Waals surface area contributed by atoms with Crippen molar-refractivity contribution in [2.24, 2.45) is 0 Å². The molecular weight excluding hydrogens is 301 g/mol. The van der Waals surface area contributed by atoms with E-state index in [2.05, 4.69) is 5.32 Å². The van der Waals surface area contributed by atoms with Crippen molar-refractivity contribution in [2.75, 3.05) is 19.3 Å². The van der Waals surface area contributed by atoms with Gasteiger partial charge in [0.05, 0.1) is 15.6 Å². The molecule has 0 saturated carbocycles. The number of amides is 2. The maximum atomic E-state index is 12.2. The number of nitrogen functional groups attached to an aromatic ring is 1. The van der Waals surface area contributed by atoms with Crippen molar-refractivity contribution >= 4 is 40.7 Å². The van der Waals surface area contributed by atoms with Gasteiger partial charge in [-0.25, -0.2) is 0 Å². The predicted octanol–water partition coefficient (Wildman–Crippen LogP) is 1.93. The zero-order valence-electron chi connectivity index (χ0n) is 11.0. The summed E-state index contributed by atoms with van der Waals surface area (Å²) in [5, 5.41) is 3.27. The van der Waals surface area contributed by atoms with E-state index in [0.29, 0.717) is 25.1 Å². The lowest BCUT2D eigenvalue weighted by Gasteiger charge is -2.30. The fraction of sp³-hybridized carbons (Fsp3) is 0.385. The van der Waals surface area contributed by atoms with Gasteiger partial charge in [0.1, 0.15) is 0 Å². The number of likely N-dealkylation sites (N-methyl/N-ethyl adjacent to an activating group) is 1. The molecule has 1 fully saturated rings. The van der Waals surface area contributed by atoms with E-state index < -0.39 is 0 Å². The molecule has 0 spiro atoms. The van der Waals surface area contributed by atoms with Crippen molar-refractivity contribution in [2.45, 2.75) is 18.9 Å². The quantitative estimate of drug-likeness (QED) is 0.819. The summed E-state index contributed by atoms with van der Waals surface area (Å²) in [5.41, 5.74) is 6.29. The van der Waals surface area contributed by atoms with Crippen LogP contribution in [0.5, 0.6) is 0 Å². The highest BCUT2D eigenvalue weighted by Gasteiger charge is 2.25. The summed E-state index contributed by atoms with van der Waals surface area (Å²) >= 11 is 11.9. The molecule has 1 aromatic rings. The fourth-order valence-corrected chi connectivity index (χ4v) is 2.59. The van der Waals surface area contributed by atoms with E-state index >= 15 is 0 Å². The summed E-state index contributed by atoms with van der Waals surface area (Å²) in [7, 11) is 1.71. The predicted molar refractivity (Wildman–Crippen MR) is 79.0 cm³/mol. The third-order valence-electron chi connectivity index (χ3n) is 3.26. The second-order valence-electron chi connectivity index (χ2n) is 4.85. The van der Waals surface area contributed by atoms with Gasteiger partial charge in [-0.05, 0) is 18.6 Å². The van der Waals surface area contributed by atoms with Gasteiger partial charge in [0.15, 0.2) is 0 Å². The lowest BCUT2D eigenvalue weighted by atomic mass is 10.0. The summed E-state index contributed by atoms with van der Waals surface area (Å²) < 4.78 is 0. The van der Waals surface area contributed by atoms with E-state index in [1.165, 1.54) is 12.1 Å². The Morgan fingerprint density at radius 1 is 1.45 bits per heavy atom. The largest absolute Gasteiger partial charge is 0.399 e. The van der Waals surface area contributed by atoms with Gasteiger partial charge in [-0.2, -0.15) is 0 Å². The zero-order chi connectivity index (χ0) is 14.9. The molecule has 20 heavy (non-hydrogen) atoms. The third-order valence-corrected chi connectivity index (χ3v) is 4.06. The normalized spacial score (nSPS) is 19.1. The maximum Gasteiger partial charge on any atom is 0.253 e. The minimum Gasteiger partial charge on any atom is -0.399 e. The van der Waals surface area contributed by atoms with Crippen LogP contribution in [0.3, 0.4) is 0 Å². The number of nitrogens with two attached hydrogens (primary N) is 1. The molecule has 0 radical (unpaired) electrons. The first-order chi connectivity index (χ1) is 9.38. The summed E-state index contributed by atoms with van der Waals surface area (Å²) in [4.78, 5) is 25.2. The Bertz CT molecular complexity index is 563. The highest BCUT2D eigenvalue weighted by Crippen LogP contribution is 2.28. The second kappa shape index (κ2) is 5.89. The van der Waals surface area contributed by atoms with Crippen LogP contribution in [0.25, 0.3) is 0 Å². The highest BCUT2D eigenvalue weighted by atomic mass is 35.5. The number of anilines is 1. The SMILES string of the molecule is CN1CC(NC(=O)c2cc(N)cc(Cl)c2Cl)CCC1=O. The van der Waals surface area contributed by atoms with Gasteiger partial charge in [0, 0.05) is 31.7 Å². The lowest BCUT2D eigenvalue weighted by molar-refractivity contribution is -0.132. The average molecular weight is 316 g/mol. The number of hydrogen-bond donors (Lipinski definition) is 2. The van der Waals surface area contributed by atoms with Crippen LogP contribution in [0.15, 0.2) is 12.1 Å². The van der Waals surface area contributed by atoms with Crippen LogP contribution >= 0.6 is 23.2 Å². The molecule has 1 saturated heterocycles. The smallest absolute Gasteiger partial charge is 0.253 e. The fourth-order valence-electron chi connectivity index (χ4n) is 2.17. The molecule has 3 N–H and O–H groups in total. The number of nitrogens with one attached hydrogen (secondary N) is 1. The van der Waals surface area contributed by atoms with Gasteiger partial charge in [0.25, 0.3) is 5.91 Å². The number of halogens is 2. The first-order valence-electron chi connectivity index (χ1n) is 6.18. The van der Waals surface area contributed by atoms with E-state index in [-0.39, 0.29) is 33.5 Å². The van der Waals surface area contributed by atoms with Crippen molar-refractivity contribution in [3.05, 3.63) is 27.7 Å². The lowest BCUT2D eigenvalue weighted by Crippen LogP contribution is -2.48. The van der Waals surface area contributed by atoms with Gasteiger partial charge < -0.3 is 16.0 Å². The molecule has 2 amide bonds. The van der Waals surface area contributed by atoms with Gasteiger partial charge in [-0.1, -0.05) is 23.2 Å². The Morgan fingerprint density at radius 3 is 2.80 bits per heavy atom. The number of carbonyl (C=O) groups is 2. The number of nitrogens with zero attached hydrogens (tertiary/aromatic N) is 1. The molecule has 1 heterocycles. The Labute approximate surface area is 127 Å². The van der Waals surface area contributed by atoms with Gasteiger partial charge in [0.2, 0.25) is 5.91 Å². The Hall–Kier alpha value is -1.46. The zero-order valence-corrected chi connectivity index (χ0v) is 12.5. The molecule has 1 aliphatic rings. The molecule has 1 unspecified atom stereocenters. The van der Waals surface area contributed by atoms with Crippen LogP contribution < -0.4 is 11.1 Å². The third kappa shape index (κ3) is 3.16. The first-order valence-corrected chi connectivity index (χ1v) is 6.93. The Balaban J connectivity index is 2.11. The minimum atomic E-state index is -0.336. The molecule has 1 aromatic carbocycles. The number of benzene rings is 1. The molecule has 1 aliphatic heterocycles. The van der Waals surface area contributed by atoms with Crippen molar-refractivity contribution < 1.29 is 9.59 Å². The minimum absolute atomic E-state index is 0.0838. The standard InChI is InChI=1S/C13H15Cl2N3O2/c1-18-6-8(2-3-11(18)19)17-13(20)9-4-7(16)5-10(14)12(9)15/h4-5,8H,2-3,6,16H2,1H3,(H,17,20). The summed E-state index contributed by atoms with van der Waals surface area (Å²) in [6.07, 6.45) is 1.04. The molecule has 108 valence electrons. The molecule has 2 rings (SSSR count). The van der Waals surface area contributed by atoms with E-state index in [4.69, 9.17) is 28.9 Å². The molecule has 0 aromatic heterocycles. The molecule has 0 aliphatic carbocycles. The number of hydrogen-bond acceptors (Lipinski definition) is 3. The van der Waals surface area contributed by atoms with Crippen LogP contribution in [0.2, 0.25) is 10.0 Å². The van der Waals surface area contributed by atoms with Gasteiger partial charge in [-0.3, -0.25) is 9.59 Å². The first kappa shape index (κ1) is 14.9. The van der Waals surface area contributed by atoms with Crippen molar-refractivity contribution in [1.82, 2.24) is 10.2 Å². The molecule has 7 heteroatoms. The average Bonchev–Trinajstić information content (AvgIpc) is 2.38. The van der Waals surface area contributed by atoms with E-state index in [1.807, 2.05) is 0 Å². The molecule has 1 atom stereocenters. The molecule has 0 bridgehead atoms. The molecule has 5 nitrogen and oxygen atoms in total. The van der Waals surface area contributed by atoms with Crippen LogP contribution in [0, 0.1) is 0 Å². The molecular formula is C13H15Cl2N3O2. The number of carbonyl (C=O) groups excluding carboxylic acids is 2. The second-order valence-corrected chi connectivity index (χ2v) is 5.63. The topological polar surface area (TPSA) is 75.4 Å². The monoisotopic (exact) mass is 315 g/mol. The van der Waals surface area contributed by atoms with E-state index in [1.54, 1.807) is 11.9 Å². The van der Waals surface area contributed by atoms with Gasteiger partial charge in [-0.15, -0.1) is 0 Å². The van der Waals surface area contributed by atoms with Gasteiger partial charge >= 0.3 is 0 Å². The van der Waals surface area contributed by atoms with Crippen molar-refractivity contribution in [3.63, 3.8) is 0 Å². The number of likely N-dealkylation sites (tertiary alicyclic amines) is 1. The van der Waals surface area contributed by atoms with Crippen LogP contribution in [0.1, 0.15) is 23.2 Å². The van der Waals surface area contributed by atoms with E-state index in [9.17, 15) is 9.59 Å². The summed E-state index contributed by atoms with van der Waals surface area (Å²) in [5.74, 6) is -0.252. The van der Waals surface area contributed by atoms with Crippen LogP contribution in [-0.4, -0.2) is 36.3 Å². The maximum absolute atomic E-state index is 12.2. The number of piperidine rings is 1. The summed E-state index contributed by atoms with van der Waals surface area (Å²) in [6, 6.07) is 2.89. The van der Waals surface area contributed by atoms with Crippen LogP contribution in [-0.2, 0) is 4.79 Å². The van der Waals surface area contributed by atoms with E-state index in [0.717, 1.165) is 0 Å². The van der Waals surface area contributed by atoms with Crippen molar-refractivity contribution in [1.29, 1.82) is 0 Å².